The molecule has 4 nitrogen and oxygen atoms in total. The standard InChI is InChI=1S/C27H25FN2O2/c1-19(29-32-18-22-11-7-8-12-27(22)31-3)25-17-26(21-9-5-4-6-10-21)30(20(25)2)24-15-13-23(28)14-16-24/h4-17H,18H2,1-3H3/b29-19-. The fourth-order valence-corrected chi connectivity index (χ4v) is 3.79. The number of nitrogens with zero attached hydrogens (tertiary/aromatic N) is 2. The predicted molar refractivity (Wildman–Crippen MR) is 126 cm³/mol. The molecule has 0 fully saturated rings. The van der Waals surface area contributed by atoms with Crippen molar-refractivity contribution in [1.82, 2.24) is 4.57 Å². The normalized spacial score (nSPS) is 11.4. The summed E-state index contributed by atoms with van der Waals surface area (Å²) < 4.78 is 21.0. The molecule has 32 heavy (non-hydrogen) atoms. The van der Waals surface area contributed by atoms with Crippen molar-refractivity contribution in [2.24, 2.45) is 5.16 Å². The first-order chi connectivity index (χ1) is 15.6. The van der Waals surface area contributed by atoms with Gasteiger partial charge in [0, 0.05) is 22.5 Å². The van der Waals surface area contributed by atoms with Gasteiger partial charge >= 0.3 is 0 Å². The summed E-state index contributed by atoms with van der Waals surface area (Å²) in [7, 11) is 1.64. The smallest absolute Gasteiger partial charge is 0.145 e. The summed E-state index contributed by atoms with van der Waals surface area (Å²) in [6.45, 7) is 4.27. The van der Waals surface area contributed by atoms with Crippen LogP contribution in [0.5, 0.6) is 5.75 Å². The van der Waals surface area contributed by atoms with Crippen molar-refractivity contribution in [1.29, 1.82) is 0 Å². The van der Waals surface area contributed by atoms with Gasteiger partial charge in [0.2, 0.25) is 0 Å². The van der Waals surface area contributed by atoms with Crippen LogP contribution in [0.2, 0.25) is 0 Å². The Morgan fingerprint density at radius 3 is 2.34 bits per heavy atom. The van der Waals surface area contributed by atoms with E-state index in [1.54, 1.807) is 19.2 Å². The Bertz CT molecular complexity index is 1230. The Labute approximate surface area is 187 Å². The first kappa shape index (κ1) is 21.4. The van der Waals surface area contributed by atoms with Gasteiger partial charge in [-0.3, -0.25) is 0 Å². The van der Waals surface area contributed by atoms with Crippen molar-refractivity contribution in [3.8, 4) is 22.7 Å². The van der Waals surface area contributed by atoms with E-state index in [2.05, 4.69) is 27.9 Å². The molecule has 1 heterocycles. The summed E-state index contributed by atoms with van der Waals surface area (Å²) >= 11 is 0. The topological polar surface area (TPSA) is 35.8 Å². The molecule has 0 spiro atoms. The summed E-state index contributed by atoms with van der Waals surface area (Å²) in [4.78, 5) is 5.66. The van der Waals surface area contributed by atoms with Gasteiger partial charge < -0.3 is 14.1 Å². The molecule has 3 aromatic carbocycles. The zero-order valence-corrected chi connectivity index (χ0v) is 18.4. The van der Waals surface area contributed by atoms with E-state index in [0.29, 0.717) is 6.61 Å². The van der Waals surface area contributed by atoms with E-state index in [1.807, 2.05) is 56.3 Å². The van der Waals surface area contributed by atoms with Gasteiger partial charge in [-0.05, 0) is 55.8 Å². The summed E-state index contributed by atoms with van der Waals surface area (Å²) in [6.07, 6.45) is 0. The Hall–Kier alpha value is -3.86. The minimum atomic E-state index is -0.262. The molecule has 0 radical (unpaired) electrons. The molecule has 0 aliphatic carbocycles. The van der Waals surface area contributed by atoms with Crippen LogP contribution in [0, 0.1) is 12.7 Å². The molecule has 1 aromatic heterocycles. The SMILES string of the molecule is COc1ccccc1CO/N=C(/C)c1cc(-c2ccccc2)n(-c2ccc(F)cc2)c1C. The third kappa shape index (κ3) is 4.42. The molecule has 0 saturated heterocycles. The van der Waals surface area contributed by atoms with Gasteiger partial charge in [0.25, 0.3) is 0 Å². The van der Waals surface area contributed by atoms with Crippen LogP contribution < -0.4 is 4.74 Å². The maximum atomic E-state index is 13.5. The molecule has 0 aliphatic rings. The number of aromatic nitrogens is 1. The summed E-state index contributed by atoms with van der Waals surface area (Å²) in [5.74, 6) is 0.507. The van der Waals surface area contributed by atoms with Crippen LogP contribution in [0.3, 0.4) is 0 Å². The van der Waals surface area contributed by atoms with Crippen LogP contribution in [0.15, 0.2) is 90.1 Å². The summed E-state index contributed by atoms with van der Waals surface area (Å²) in [5, 5.41) is 4.37. The molecule has 4 aromatic rings. The molecule has 0 amide bonds. The van der Waals surface area contributed by atoms with Crippen LogP contribution in [0.25, 0.3) is 16.9 Å². The number of benzene rings is 3. The largest absolute Gasteiger partial charge is 0.496 e. The van der Waals surface area contributed by atoms with E-state index in [-0.39, 0.29) is 5.82 Å². The van der Waals surface area contributed by atoms with Crippen molar-refractivity contribution in [3.63, 3.8) is 0 Å². The lowest BCUT2D eigenvalue weighted by molar-refractivity contribution is 0.128. The number of halogens is 1. The quantitative estimate of drug-likeness (QED) is 0.247. The van der Waals surface area contributed by atoms with Gasteiger partial charge in [0.1, 0.15) is 18.2 Å². The third-order valence-corrected chi connectivity index (χ3v) is 5.41. The Morgan fingerprint density at radius 2 is 1.62 bits per heavy atom. The number of ether oxygens (including phenoxy) is 1. The molecular formula is C27H25FN2O2. The van der Waals surface area contributed by atoms with Crippen LogP contribution in [0.1, 0.15) is 23.7 Å². The first-order valence-electron chi connectivity index (χ1n) is 10.4. The molecular weight excluding hydrogens is 403 g/mol. The highest BCUT2D eigenvalue weighted by Gasteiger charge is 2.17. The van der Waals surface area contributed by atoms with Crippen molar-refractivity contribution in [2.45, 2.75) is 20.5 Å². The van der Waals surface area contributed by atoms with Gasteiger partial charge in [0.15, 0.2) is 0 Å². The van der Waals surface area contributed by atoms with Crippen molar-refractivity contribution < 1.29 is 14.0 Å². The highest BCUT2D eigenvalue weighted by atomic mass is 19.1. The lowest BCUT2D eigenvalue weighted by Gasteiger charge is -2.12. The third-order valence-electron chi connectivity index (χ3n) is 5.41. The van der Waals surface area contributed by atoms with E-state index in [1.165, 1.54) is 12.1 Å². The highest BCUT2D eigenvalue weighted by Crippen LogP contribution is 2.30. The number of rotatable bonds is 7. The van der Waals surface area contributed by atoms with E-state index in [4.69, 9.17) is 9.57 Å². The van der Waals surface area contributed by atoms with E-state index in [9.17, 15) is 4.39 Å². The molecule has 0 atom stereocenters. The number of methoxy groups -OCH3 is 1. The fraction of sp³-hybridized carbons (Fsp3) is 0.148. The van der Waals surface area contributed by atoms with E-state index >= 15 is 0 Å². The summed E-state index contributed by atoms with van der Waals surface area (Å²) in [5.41, 5.74) is 6.60. The van der Waals surface area contributed by atoms with Gasteiger partial charge in [0.05, 0.1) is 18.5 Å². The van der Waals surface area contributed by atoms with Gasteiger partial charge in [-0.25, -0.2) is 4.39 Å². The fourth-order valence-electron chi connectivity index (χ4n) is 3.79. The molecule has 0 saturated carbocycles. The zero-order chi connectivity index (χ0) is 22.5. The molecule has 4 rings (SSSR count). The second kappa shape index (κ2) is 9.52. The number of hydrogen-bond acceptors (Lipinski definition) is 3. The second-order valence-corrected chi connectivity index (χ2v) is 7.47. The average Bonchev–Trinajstić information content (AvgIpc) is 3.17. The Balaban J connectivity index is 1.69. The minimum Gasteiger partial charge on any atom is -0.496 e. The molecule has 0 aliphatic heterocycles. The average molecular weight is 429 g/mol. The van der Waals surface area contributed by atoms with Gasteiger partial charge in [-0.1, -0.05) is 53.7 Å². The number of oxime groups is 1. The van der Waals surface area contributed by atoms with E-state index in [0.717, 1.165) is 45.2 Å². The zero-order valence-electron chi connectivity index (χ0n) is 18.4. The Kier molecular flexibility index (Phi) is 6.36. The van der Waals surface area contributed by atoms with Crippen molar-refractivity contribution in [3.05, 3.63) is 108 Å². The van der Waals surface area contributed by atoms with Crippen LogP contribution in [-0.2, 0) is 11.4 Å². The lowest BCUT2D eigenvalue weighted by atomic mass is 10.1. The second-order valence-electron chi connectivity index (χ2n) is 7.47. The number of para-hydroxylation sites is 1. The van der Waals surface area contributed by atoms with Gasteiger partial charge in [-0.15, -0.1) is 0 Å². The summed E-state index contributed by atoms with van der Waals surface area (Å²) in [6, 6.07) is 26.4. The molecule has 0 unspecified atom stereocenters. The van der Waals surface area contributed by atoms with Crippen molar-refractivity contribution >= 4 is 5.71 Å². The molecule has 5 heteroatoms. The predicted octanol–water partition coefficient (Wildman–Crippen LogP) is 6.54. The lowest BCUT2D eigenvalue weighted by Crippen LogP contribution is -2.03. The highest BCUT2D eigenvalue weighted by molar-refractivity contribution is 6.01. The first-order valence-corrected chi connectivity index (χ1v) is 10.4. The molecule has 0 bridgehead atoms. The molecule has 0 N–H and O–H groups in total. The maximum absolute atomic E-state index is 13.5. The van der Waals surface area contributed by atoms with Gasteiger partial charge in [-0.2, -0.15) is 0 Å². The Morgan fingerprint density at radius 1 is 0.938 bits per heavy atom. The monoisotopic (exact) mass is 428 g/mol. The van der Waals surface area contributed by atoms with E-state index < -0.39 is 0 Å². The van der Waals surface area contributed by atoms with Crippen molar-refractivity contribution in [2.75, 3.05) is 7.11 Å². The van der Waals surface area contributed by atoms with Crippen LogP contribution >= 0.6 is 0 Å². The van der Waals surface area contributed by atoms with Crippen LogP contribution in [0.4, 0.5) is 4.39 Å². The minimum absolute atomic E-state index is 0.262. The number of hydrogen-bond donors (Lipinski definition) is 0. The maximum Gasteiger partial charge on any atom is 0.145 e. The van der Waals surface area contributed by atoms with Crippen LogP contribution in [-0.4, -0.2) is 17.4 Å². The molecule has 162 valence electrons.